The lowest BCUT2D eigenvalue weighted by atomic mass is 9.89. The fourth-order valence-electron chi connectivity index (χ4n) is 4.54. The van der Waals surface area contributed by atoms with E-state index >= 15 is 0 Å². The van der Waals surface area contributed by atoms with Crippen LogP contribution in [-0.4, -0.2) is 0 Å². The minimum atomic E-state index is 0.930. The van der Waals surface area contributed by atoms with Gasteiger partial charge in [-0.05, 0) is 29.6 Å². The Bertz CT molecular complexity index is 307. The first-order valence-electron chi connectivity index (χ1n) is 13.4. The molecule has 28 heavy (non-hydrogen) atoms. The zero-order valence-corrected chi connectivity index (χ0v) is 21.2. The molecule has 170 valence electrons. The summed E-state index contributed by atoms with van der Waals surface area (Å²) in [7, 11) is 0. The molecule has 0 rings (SSSR count). The molecule has 0 aliphatic carbocycles. The van der Waals surface area contributed by atoms with Crippen molar-refractivity contribution in [2.75, 3.05) is 0 Å². The maximum Gasteiger partial charge on any atom is -0.0443 e. The molecule has 0 bridgehead atoms. The summed E-state index contributed by atoms with van der Waals surface area (Å²) in [5.74, 6) is 4.69. The van der Waals surface area contributed by atoms with Gasteiger partial charge in [-0.15, -0.1) is 0 Å². The minimum absolute atomic E-state index is 0.930. The van der Waals surface area contributed by atoms with Gasteiger partial charge >= 0.3 is 0 Å². The van der Waals surface area contributed by atoms with Crippen molar-refractivity contribution in [2.45, 2.75) is 151 Å². The summed E-state index contributed by atoms with van der Waals surface area (Å²) in [4.78, 5) is 0. The molecular weight excluding hydrogens is 336 g/mol. The van der Waals surface area contributed by atoms with Crippen LogP contribution >= 0.6 is 0 Å². The van der Waals surface area contributed by atoms with Crippen molar-refractivity contribution in [3.63, 3.8) is 0 Å². The number of rotatable bonds is 20. The van der Waals surface area contributed by atoms with Crippen LogP contribution in [0.4, 0.5) is 0 Å². The van der Waals surface area contributed by atoms with Crippen molar-refractivity contribution >= 4 is 0 Å². The van der Waals surface area contributed by atoms with Crippen molar-refractivity contribution in [3.05, 3.63) is 0 Å². The van der Waals surface area contributed by atoms with Crippen molar-refractivity contribution in [1.29, 1.82) is 0 Å². The third-order valence-corrected chi connectivity index (χ3v) is 7.33. The second-order valence-corrected chi connectivity index (χ2v) is 10.8. The molecule has 0 aliphatic rings. The van der Waals surface area contributed by atoms with E-state index in [2.05, 4.69) is 48.5 Å². The Kier molecular flexibility index (Phi) is 19.0. The van der Waals surface area contributed by atoms with E-state index in [9.17, 15) is 0 Å². The van der Waals surface area contributed by atoms with Gasteiger partial charge in [-0.25, -0.2) is 0 Å². The van der Waals surface area contributed by atoms with Crippen LogP contribution in [0.3, 0.4) is 0 Å². The summed E-state index contributed by atoms with van der Waals surface area (Å²) in [6, 6.07) is 0. The number of hydrogen-bond acceptors (Lipinski definition) is 0. The average molecular weight is 395 g/mol. The molecular formula is C28H58. The molecule has 0 heteroatoms. The molecule has 0 aromatic carbocycles. The summed E-state index contributed by atoms with van der Waals surface area (Å²) in [5, 5.41) is 0. The van der Waals surface area contributed by atoms with Crippen LogP contribution in [0.5, 0.6) is 0 Å². The summed E-state index contributed by atoms with van der Waals surface area (Å²) in [5.41, 5.74) is 0. The Hall–Kier alpha value is 0. The first-order chi connectivity index (χ1) is 13.4. The standard InChI is InChI=1S/C28H58/c1-8-10-11-15-27(6)22-23-28(7)21-14-20-26(5)19-13-18-25(4)17-12-16-24(3)9-2/h24-28H,8-23H2,1-7H3. The largest absolute Gasteiger partial charge is 0.0654 e. The van der Waals surface area contributed by atoms with Gasteiger partial charge in [-0.1, -0.05) is 151 Å². The van der Waals surface area contributed by atoms with Crippen molar-refractivity contribution < 1.29 is 0 Å². The van der Waals surface area contributed by atoms with Crippen LogP contribution in [0, 0.1) is 29.6 Å². The molecule has 0 saturated carbocycles. The van der Waals surface area contributed by atoms with Gasteiger partial charge in [0.25, 0.3) is 0 Å². The fraction of sp³-hybridized carbons (Fsp3) is 1.00. The third-order valence-electron chi connectivity index (χ3n) is 7.33. The molecule has 5 unspecified atom stereocenters. The Balaban J connectivity index is 3.58. The molecule has 0 nitrogen and oxygen atoms in total. The van der Waals surface area contributed by atoms with Crippen LogP contribution in [0.15, 0.2) is 0 Å². The minimum Gasteiger partial charge on any atom is -0.0654 e. The number of unbranched alkanes of at least 4 members (excludes halogenated alkanes) is 2. The zero-order chi connectivity index (χ0) is 21.2. The number of hydrogen-bond donors (Lipinski definition) is 0. The highest BCUT2D eigenvalue weighted by atomic mass is 14.2. The first-order valence-corrected chi connectivity index (χ1v) is 13.4. The van der Waals surface area contributed by atoms with E-state index < -0.39 is 0 Å². The Morgan fingerprint density at radius 3 is 1.04 bits per heavy atom. The van der Waals surface area contributed by atoms with E-state index in [1.54, 1.807) is 0 Å². The summed E-state index contributed by atoms with van der Waals surface area (Å²) in [6.45, 7) is 17.0. The van der Waals surface area contributed by atoms with Gasteiger partial charge in [0.2, 0.25) is 0 Å². The lowest BCUT2D eigenvalue weighted by Gasteiger charge is -2.17. The van der Waals surface area contributed by atoms with Gasteiger partial charge in [0.1, 0.15) is 0 Å². The quantitative estimate of drug-likeness (QED) is 0.180. The fourth-order valence-corrected chi connectivity index (χ4v) is 4.54. The second-order valence-electron chi connectivity index (χ2n) is 10.8. The molecule has 0 aromatic heterocycles. The van der Waals surface area contributed by atoms with E-state index in [4.69, 9.17) is 0 Å². The molecule has 5 atom stereocenters. The second kappa shape index (κ2) is 19.0. The van der Waals surface area contributed by atoms with E-state index in [1.807, 2.05) is 0 Å². The van der Waals surface area contributed by atoms with E-state index in [-0.39, 0.29) is 0 Å². The lowest BCUT2D eigenvalue weighted by molar-refractivity contribution is 0.355. The maximum atomic E-state index is 2.49. The van der Waals surface area contributed by atoms with Gasteiger partial charge in [-0.3, -0.25) is 0 Å². The zero-order valence-electron chi connectivity index (χ0n) is 21.2. The van der Waals surface area contributed by atoms with Crippen LogP contribution in [0.25, 0.3) is 0 Å². The van der Waals surface area contributed by atoms with Crippen LogP contribution in [0.2, 0.25) is 0 Å². The average Bonchev–Trinajstić information content (AvgIpc) is 2.66. The van der Waals surface area contributed by atoms with Crippen molar-refractivity contribution in [1.82, 2.24) is 0 Å². The summed E-state index contributed by atoms with van der Waals surface area (Å²) < 4.78 is 0. The predicted molar refractivity (Wildman–Crippen MR) is 131 cm³/mol. The van der Waals surface area contributed by atoms with Gasteiger partial charge in [0.15, 0.2) is 0 Å². The summed E-state index contributed by atoms with van der Waals surface area (Å²) >= 11 is 0. The highest BCUT2D eigenvalue weighted by molar-refractivity contribution is 4.63. The summed E-state index contributed by atoms with van der Waals surface area (Å²) in [6.07, 6.45) is 23.0. The molecule has 0 amide bonds. The van der Waals surface area contributed by atoms with Crippen LogP contribution in [-0.2, 0) is 0 Å². The third kappa shape index (κ3) is 18.1. The Morgan fingerprint density at radius 1 is 0.357 bits per heavy atom. The highest BCUT2D eigenvalue weighted by Crippen LogP contribution is 2.24. The molecule has 0 spiro atoms. The lowest BCUT2D eigenvalue weighted by Crippen LogP contribution is -2.03. The molecule has 0 aliphatic heterocycles. The smallest absolute Gasteiger partial charge is 0.0443 e. The van der Waals surface area contributed by atoms with Gasteiger partial charge in [-0.2, -0.15) is 0 Å². The molecule has 0 saturated heterocycles. The van der Waals surface area contributed by atoms with Crippen molar-refractivity contribution in [2.24, 2.45) is 29.6 Å². The molecule has 0 fully saturated rings. The maximum absolute atomic E-state index is 2.49. The monoisotopic (exact) mass is 394 g/mol. The normalized spacial score (nSPS) is 17.2. The molecule has 0 radical (unpaired) electrons. The Morgan fingerprint density at radius 2 is 0.679 bits per heavy atom. The SMILES string of the molecule is CCCCCC(C)CCC(C)CCCC(C)CCCC(C)CCCC(C)CC. The van der Waals surface area contributed by atoms with Crippen LogP contribution < -0.4 is 0 Å². The van der Waals surface area contributed by atoms with E-state index in [1.165, 1.54) is 103 Å². The predicted octanol–water partition coefficient (Wildman–Crippen LogP) is 10.4. The first kappa shape index (κ1) is 28.0. The van der Waals surface area contributed by atoms with Gasteiger partial charge in [0, 0.05) is 0 Å². The topological polar surface area (TPSA) is 0 Å². The van der Waals surface area contributed by atoms with E-state index in [0.717, 1.165) is 29.6 Å². The molecule has 0 aromatic rings. The van der Waals surface area contributed by atoms with Gasteiger partial charge < -0.3 is 0 Å². The molecule has 0 heterocycles. The molecule has 0 N–H and O–H groups in total. The highest BCUT2D eigenvalue weighted by Gasteiger charge is 2.10. The van der Waals surface area contributed by atoms with Gasteiger partial charge in [0.05, 0.1) is 0 Å². The van der Waals surface area contributed by atoms with Crippen LogP contribution in [0.1, 0.15) is 151 Å². The Labute approximate surface area is 181 Å². The van der Waals surface area contributed by atoms with Crippen molar-refractivity contribution in [3.8, 4) is 0 Å². The van der Waals surface area contributed by atoms with E-state index in [0.29, 0.717) is 0 Å².